The van der Waals surface area contributed by atoms with Crippen LogP contribution in [0.1, 0.15) is 35.1 Å². The minimum atomic E-state index is -0.203. The number of ether oxygens (including phenoxy) is 1. The van der Waals surface area contributed by atoms with Crippen LogP contribution in [0.15, 0.2) is 6.07 Å². The van der Waals surface area contributed by atoms with Gasteiger partial charge in [0.1, 0.15) is 4.83 Å². The van der Waals surface area contributed by atoms with E-state index in [1.54, 1.807) is 11.8 Å². The quantitative estimate of drug-likeness (QED) is 0.808. The number of carbonyl (C=O) groups excluding carboxylic acids is 2. The van der Waals surface area contributed by atoms with Crippen LogP contribution in [0.4, 0.5) is 0 Å². The molecule has 0 radical (unpaired) electrons. The molecule has 1 amide bonds. The summed E-state index contributed by atoms with van der Waals surface area (Å²) < 4.78 is 6.91. The average Bonchev–Trinajstić information content (AvgIpc) is 3.09. The highest BCUT2D eigenvalue weighted by molar-refractivity contribution is 7.20. The van der Waals surface area contributed by atoms with Gasteiger partial charge in [0, 0.05) is 25.5 Å². The van der Waals surface area contributed by atoms with Gasteiger partial charge in [-0.15, -0.1) is 11.3 Å². The summed E-state index contributed by atoms with van der Waals surface area (Å²) in [5.74, 6) is -0.397. The summed E-state index contributed by atoms with van der Waals surface area (Å²) in [5, 5.41) is 5.39. The molecule has 0 bridgehead atoms. The van der Waals surface area contributed by atoms with Crippen LogP contribution in [-0.4, -0.2) is 46.3 Å². The highest BCUT2D eigenvalue weighted by Crippen LogP contribution is 2.29. The maximum Gasteiger partial charge on any atom is 0.310 e. The van der Waals surface area contributed by atoms with Gasteiger partial charge < -0.3 is 9.64 Å². The molecule has 0 saturated carbocycles. The summed E-state index contributed by atoms with van der Waals surface area (Å²) in [4.78, 5) is 28.2. The van der Waals surface area contributed by atoms with E-state index in [0.29, 0.717) is 24.6 Å². The topological polar surface area (TPSA) is 64.4 Å². The Labute approximate surface area is 139 Å². The number of piperidine rings is 1. The molecule has 23 heavy (non-hydrogen) atoms. The van der Waals surface area contributed by atoms with Crippen molar-refractivity contribution in [2.75, 3.05) is 19.7 Å². The Hall–Kier alpha value is -1.89. The van der Waals surface area contributed by atoms with Crippen LogP contribution in [0.5, 0.6) is 0 Å². The number of thiophene rings is 1. The number of aromatic nitrogens is 2. The van der Waals surface area contributed by atoms with Gasteiger partial charge in [0.15, 0.2) is 0 Å². The van der Waals surface area contributed by atoms with Gasteiger partial charge in [-0.05, 0) is 32.8 Å². The van der Waals surface area contributed by atoms with Gasteiger partial charge in [0.2, 0.25) is 0 Å². The number of hydrogen-bond acceptors (Lipinski definition) is 5. The van der Waals surface area contributed by atoms with E-state index in [9.17, 15) is 9.59 Å². The summed E-state index contributed by atoms with van der Waals surface area (Å²) >= 11 is 1.46. The van der Waals surface area contributed by atoms with E-state index in [-0.39, 0.29) is 17.8 Å². The predicted octanol–water partition coefficient (Wildman–Crippen LogP) is 2.36. The van der Waals surface area contributed by atoms with Gasteiger partial charge in [-0.1, -0.05) is 0 Å². The van der Waals surface area contributed by atoms with E-state index < -0.39 is 0 Å². The number of carbonyl (C=O) groups is 2. The molecular formula is C16H21N3O3S. The Morgan fingerprint density at radius 1 is 1.48 bits per heavy atom. The van der Waals surface area contributed by atoms with Crippen LogP contribution >= 0.6 is 11.3 Å². The molecule has 2 aromatic heterocycles. The molecule has 1 fully saturated rings. The number of fused-ring (bicyclic) bond motifs is 1. The van der Waals surface area contributed by atoms with Crippen LogP contribution < -0.4 is 0 Å². The van der Waals surface area contributed by atoms with Crippen molar-refractivity contribution in [3.8, 4) is 0 Å². The minimum absolute atomic E-state index is 0.000372. The molecule has 6 nitrogen and oxygen atoms in total. The average molecular weight is 335 g/mol. The second kappa shape index (κ2) is 6.31. The normalized spacial score (nSPS) is 18.4. The van der Waals surface area contributed by atoms with Crippen LogP contribution in [0.25, 0.3) is 10.2 Å². The molecule has 3 rings (SSSR count). The lowest BCUT2D eigenvalue weighted by molar-refractivity contribution is -0.149. The first-order valence-corrected chi connectivity index (χ1v) is 8.72. The maximum atomic E-state index is 12.8. The molecule has 1 saturated heterocycles. The number of esters is 1. The van der Waals surface area contributed by atoms with Crippen molar-refractivity contribution in [1.29, 1.82) is 0 Å². The third-order valence-electron chi connectivity index (χ3n) is 4.24. The smallest absolute Gasteiger partial charge is 0.310 e. The standard InChI is InChI=1S/C16H21N3O3S/c1-4-22-16(21)11-6-5-7-19(9-11)14(20)13-8-12-10(2)17-18(3)15(12)23-13/h8,11H,4-7,9H2,1-3H3/t11-/m1/s1. The fraction of sp³-hybridized carbons (Fsp3) is 0.562. The van der Waals surface area contributed by atoms with Gasteiger partial charge in [0.05, 0.1) is 23.1 Å². The Kier molecular flexibility index (Phi) is 4.39. The molecule has 0 spiro atoms. The van der Waals surface area contributed by atoms with Crippen molar-refractivity contribution in [3.63, 3.8) is 0 Å². The second-order valence-electron chi connectivity index (χ2n) is 5.88. The molecule has 124 valence electrons. The first kappa shape index (κ1) is 16.0. The summed E-state index contributed by atoms with van der Waals surface area (Å²) in [6.07, 6.45) is 1.62. The molecule has 3 heterocycles. The number of rotatable bonds is 3. The zero-order valence-corrected chi connectivity index (χ0v) is 14.5. The molecule has 1 aliphatic heterocycles. The Bertz CT molecular complexity index is 715. The highest BCUT2D eigenvalue weighted by Gasteiger charge is 2.30. The van der Waals surface area contributed by atoms with E-state index >= 15 is 0 Å². The van der Waals surface area contributed by atoms with E-state index in [1.165, 1.54) is 11.3 Å². The summed E-state index contributed by atoms with van der Waals surface area (Å²) in [7, 11) is 1.89. The summed E-state index contributed by atoms with van der Waals surface area (Å²) in [5.41, 5.74) is 0.931. The first-order chi connectivity index (χ1) is 11.0. The van der Waals surface area contributed by atoms with Gasteiger partial charge in [-0.25, -0.2) is 0 Å². The van der Waals surface area contributed by atoms with E-state index in [4.69, 9.17) is 4.74 Å². The summed E-state index contributed by atoms with van der Waals surface area (Å²) in [6.45, 7) is 5.27. The lowest BCUT2D eigenvalue weighted by Gasteiger charge is -2.31. The number of hydrogen-bond donors (Lipinski definition) is 0. The van der Waals surface area contributed by atoms with Crippen molar-refractivity contribution < 1.29 is 14.3 Å². The third kappa shape index (κ3) is 2.97. The Balaban J connectivity index is 1.78. The van der Waals surface area contributed by atoms with Crippen molar-refractivity contribution in [2.24, 2.45) is 13.0 Å². The van der Waals surface area contributed by atoms with Crippen molar-refractivity contribution in [1.82, 2.24) is 14.7 Å². The van der Waals surface area contributed by atoms with E-state index in [1.807, 2.05) is 24.7 Å². The molecule has 0 unspecified atom stereocenters. The molecule has 0 N–H and O–H groups in total. The van der Waals surface area contributed by atoms with E-state index in [2.05, 4.69) is 5.10 Å². The fourth-order valence-electron chi connectivity index (χ4n) is 3.08. The first-order valence-electron chi connectivity index (χ1n) is 7.90. The molecular weight excluding hydrogens is 314 g/mol. The van der Waals surface area contributed by atoms with Crippen LogP contribution in [0, 0.1) is 12.8 Å². The highest BCUT2D eigenvalue weighted by atomic mass is 32.1. The Morgan fingerprint density at radius 2 is 2.26 bits per heavy atom. The minimum Gasteiger partial charge on any atom is -0.466 e. The van der Waals surface area contributed by atoms with Gasteiger partial charge in [0.25, 0.3) is 5.91 Å². The monoisotopic (exact) mass is 335 g/mol. The third-order valence-corrected chi connectivity index (χ3v) is 5.43. The van der Waals surface area contributed by atoms with Gasteiger partial charge in [-0.2, -0.15) is 5.10 Å². The zero-order chi connectivity index (χ0) is 16.6. The second-order valence-corrected chi connectivity index (χ2v) is 6.91. The lowest BCUT2D eigenvalue weighted by atomic mass is 9.98. The van der Waals surface area contributed by atoms with Crippen molar-refractivity contribution in [3.05, 3.63) is 16.6 Å². The summed E-state index contributed by atoms with van der Waals surface area (Å²) in [6, 6.07) is 1.92. The molecule has 7 heteroatoms. The predicted molar refractivity (Wildman–Crippen MR) is 88.6 cm³/mol. The van der Waals surface area contributed by atoms with Crippen molar-refractivity contribution in [2.45, 2.75) is 26.7 Å². The van der Waals surface area contributed by atoms with Crippen LogP contribution in [-0.2, 0) is 16.6 Å². The number of likely N-dealkylation sites (tertiary alicyclic amines) is 1. The Morgan fingerprint density at radius 3 is 2.96 bits per heavy atom. The molecule has 0 aliphatic carbocycles. The van der Waals surface area contributed by atoms with Crippen LogP contribution in [0.3, 0.4) is 0 Å². The number of aryl methyl sites for hydroxylation is 2. The lowest BCUT2D eigenvalue weighted by Crippen LogP contribution is -2.42. The number of nitrogens with zero attached hydrogens (tertiary/aromatic N) is 3. The zero-order valence-electron chi connectivity index (χ0n) is 13.7. The fourth-order valence-corrected chi connectivity index (χ4v) is 4.17. The van der Waals surface area contributed by atoms with Gasteiger partial charge in [-0.3, -0.25) is 14.3 Å². The largest absolute Gasteiger partial charge is 0.466 e. The SMILES string of the molecule is CCOC(=O)[C@@H]1CCCN(C(=O)c2cc3c(C)nn(C)c3s2)C1. The molecule has 1 atom stereocenters. The molecule has 0 aromatic carbocycles. The molecule has 2 aromatic rings. The van der Waals surface area contributed by atoms with Crippen LogP contribution in [0.2, 0.25) is 0 Å². The van der Waals surface area contributed by atoms with Gasteiger partial charge >= 0.3 is 5.97 Å². The maximum absolute atomic E-state index is 12.8. The van der Waals surface area contributed by atoms with Crippen molar-refractivity contribution >= 4 is 33.4 Å². The van der Waals surface area contributed by atoms with E-state index in [0.717, 1.165) is 28.8 Å². The number of amides is 1. The molecule has 1 aliphatic rings.